The van der Waals surface area contributed by atoms with Gasteiger partial charge in [-0.15, -0.1) is 0 Å². The molecular formula is C24H30N2. The van der Waals surface area contributed by atoms with E-state index in [4.69, 9.17) is 4.98 Å². The molecule has 0 radical (unpaired) electrons. The molecule has 5 unspecified atom stereocenters. The van der Waals surface area contributed by atoms with Gasteiger partial charge in [-0.25, -0.2) is 4.98 Å². The molecule has 2 heterocycles. The second kappa shape index (κ2) is 5.84. The summed E-state index contributed by atoms with van der Waals surface area (Å²) in [5, 5.41) is 0. The maximum Gasteiger partial charge on any atom is 0.137 e. The number of para-hydroxylation sites is 1. The average Bonchev–Trinajstić information content (AvgIpc) is 2.88. The van der Waals surface area contributed by atoms with Crippen molar-refractivity contribution < 1.29 is 0 Å². The Balaban J connectivity index is 1.67. The molecule has 2 saturated carbocycles. The van der Waals surface area contributed by atoms with E-state index in [1.807, 2.05) is 6.20 Å². The Bertz CT molecular complexity index is 826. The summed E-state index contributed by atoms with van der Waals surface area (Å²) in [6.45, 7) is 7.17. The number of aromatic nitrogens is 1. The number of hydrogen-bond acceptors (Lipinski definition) is 2. The van der Waals surface area contributed by atoms with Gasteiger partial charge in [0.25, 0.3) is 0 Å². The molecule has 1 spiro atoms. The molecule has 0 N–H and O–H groups in total. The van der Waals surface area contributed by atoms with E-state index in [0.29, 0.717) is 6.04 Å². The van der Waals surface area contributed by atoms with Crippen molar-refractivity contribution in [3.05, 3.63) is 53.7 Å². The molecule has 2 bridgehead atoms. The lowest BCUT2D eigenvalue weighted by Crippen LogP contribution is -2.51. The molecule has 1 aliphatic heterocycles. The van der Waals surface area contributed by atoms with E-state index >= 15 is 0 Å². The van der Waals surface area contributed by atoms with Crippen LogP contribution in [0.3, 0.4) is 0 Å². The monoisotopic (exact) mass is 346 g/mol. The van der Waals surface area contributed by atoms with Gasteiger partial charge in [0.05, 0.1) is 0 Å². The lowest BCUT2D eigenvalue weighted by Gasteiger charge is -2.52. The summed E-state index contributed by atoms with van der Waals surface area (Å²) < 4.78 is 0. The Kier molecular flexibility index (Phi) is 3.67. The molecule has 0 amide bonds. The molecule has 3 aliphatic rings. The van der Waals surface area contributed by atoms with E-state index in [9.17, 15) is 0 Å². The van der Waals surface area contributed by atoms with Crippen LogP contribution >= 0.6 is 0 Å². The van der Waals surface area contributed by atoms with E-state index in [2.05, 4.69) is 62.1 Å². The average molecular weight is 347 g/mol. The van der Waals surface area contributed by atoms with Crippen LogP contribution in [0.15, 0.2) is 42.6 Å². The zero-order valence-electron chi connectivity index (χ0n) is 16.3. The molecular weight excluding hydrogens is 316 g/mol. The van der Waals surface area contributed by atoms with Gasteiger partial charge in [0, 0.05) is 28.9 Å². The third kappa shape index (κ3) is 2.14. The Morgan fingerprint density at radius 1 is 1.04 bits per heavy atom. The van der Waals surface area contributed by atoms with E-state index in [1.54, 1.807) is 0 Å². The first-order valence-electron chi connectivity index (χ1n) is 10.4. The van der Waals surface area contributed by atoms with Crippen molar-refractivity contribution in [1.82, 2.24) is 4.98 Å². The van der Waals surface area contributed by atoms with Crippen molar-refractivity contribution in [3.63, 3.8) is 0 Å². The van der Waals surface area contributed by atoms with Crippen LogP contribution in [0, 0.1) is 24.7 Å². The zero-order chi connectivity index (χ0) is 17.9. The second-order valence-corrected chi connectivity index (χ2v) is 9.16. The van der Waals surface area contributed by atoms with Crippen LogP contribution in [-0.4, -0.2) is 11.0 Å². The largest absolute Gasteiger partial charge is 0.322 e. The van der Waals surface area contributed by atoms with E-state index in [0.717, 1.165) is 17.8 Å². The molecule has 2 aliphatic carbocycles. The predicted molar refractivity (Wildman–Crippen MR) is 108 cm³/mol. The molecule has 2 fully saturated rings. The van der Waals surface area contributed by atoms with Crippen molar-refractivity contribution in [2.24, 2.45) is 17.8 Å². The van der Waals surface area contributed by atoms with Crippen LogP contribution in [0.2, 0.25) is 0 Å². The quantitative estimate of drug-likeness (QED) is 0.628. The molecule has 2 aromatic rings. The fourth-order valence-corrected chi connectivity index (χ4v) is 6.70. The number of benzene rings is 1. The standard InChI is InChI=1S/C24H30N2/c1-16-13-19-10-11-24(20(14-16)15-19)18(3)26(22-9-5-4-7-17(22)2)23-21(24)8-6-12-25-23/h4-9,12,16,18-20H,10-11,13-15H2,1-3H3. The first-order chi connectivity index (χ1) is 12.6. The summed E-state index contributed by atoms with van der Waals surface area (Å²) >= 11 is 0. The molecule has 5 atom stereocenters. The molecule has 2 heteroatoms. The van der Waals surface area contributed by atoms with E-state index < -0.39 is 0 Å². The van der Waals surface area contributed by atoms with Gasteiger partial charge in [-0.2, -0.15) is 0 Å². The highest BCUT2D eigenvalue weighted by atomic mass is 15.3. The van der Waals surface area contributed by atoms with Gasteiger partial charge >= 0.3 is 0 Å². The van der Waals surface area contributed by atoms with Crippen LogP contribution in [0.4, 0.5) is 11.5 Å². The normalized spacial score (nSPS) is 35.6. The number of anilines is 2. The summed E-state index contributed by atoms with van der Waals surface area (Å²) in [6.07, 6.45) is 8.95. The Morgan fingerprint density at radius 2 is 1.88 bits per heavy atom. The van der Waals surface area contributed by atoms with Gasteiger partial charge in [-0.1, -0.05) is 31.2 Å². The fraction of sp³-hybridized carbons (Fsp3) is 0.542. The Hall–Kier alpha value is -1.83. The number of hydrogen-bond donors (Lipinski definition) is 0. The van der Waals surface area contributed by atoms with Crippen LogP contribution in [-0.2, 0) is 5.41 Å². The number of fused-ring (bicyclic) bond motifs is 5. The molecule has 5 rings (SSSR count). The Labute approximate surface area is 157 Å². The molecule has 26 heavy (non-hydrogen) atoms. The summed E-state index contributed by atoms with van der Waals surface area (Å²) in [6, 6.07) is 13.8. The maximum atomic E-state index is 4.91. The fourth-order valence-electron chi connectivity index (χ4n) is 6.70. The highest BCUT2D eigenvalue weighted by molar-refractivity contribution is 5.73. The lowest BCUT2D eigenvalue weighted by molar-refractivity contribution is 0.0543. The van der Waals surface area contributed by atoms with Crippen LogP contribution < -0.4 is 4.90 Å². The van der Waals surface area contributed by atoms with Gasteiger partial charge in [0.15, 0.2) is 0 Å². The van der Waals surface area contributed by atoms with Crippen molar-refractivity contribution in [2.45, 2.75) is 64.3 Å². The maximum absolute atomic E-state index is 4.91. The first-order valence-corrected chi connectivity index (χ1v) is 10.4. The zero-order valence-corrected chi connectivity index (χ0v) is 16.3. The summed E-state index contributed by atoms with van der Waals surface area (Å²) in [5.41, 5.74) is 4.48. The molecule has 1 aromatic carbocycles. The van der Waals surface area contributed by atoms with E-state index in [1.165, 1.54) is 54.7 Å². The van der Waals surface area contributed by atoms with Crippen LogP contribution in [0.5, 0.6) is 0 Å². The van der Waals surface area contributed by atoms with Crippen molar-refractivity contribution in [3.8, 4) is 0 Å². The topological polar surface area (TPSA) is 16.1 Å². The smallest absolute Gasteiger partial charge is 0.137 e. The number of rotatable bonds is 1. The van der Waals surface area contributed by atoms with Gasteiger partial charge < -0.3 is 4.90 Å². The van der Waals surface area contributed by atoms with Crippen molar-refractivity contribution >= 4 is 11.5 Å². The molecule has 136 valence electrons. The minimum absolute atomic E-state index is 0.275. The van der Waals surface area contributed by atoms with Gasteiger partial charge in [0.1, 0.15) is 5.82 Å². The molecule has 0 saturated heterocycles. The number of nitrogens with zero attached hydrogens (tertiary/aromatic N) is 2. The first kappa shape index (κ1) is 16.4. The highest BCUT2D eigenvalue weighted by Gasteiger charge is 2.57. The third-order valence-electron chi connectivity index (χ3n) is 7.76. The SMILES string of the molecule is Cc1ccccc1N1c2ncccc2C2(CCC3CC(C)CC2C3)C1C. The summed E-state index contributed by atoms with van der Waals surface area (Å²) in [4.78, 5) is 7.47. The van der Waals surface area contributed by atoms with Gasteiger partial charge in [0.2, 0.25) is 0 Å². The van der Waals surface area contributed by atoms with Gasteiger partial charge in [-0.3, -0.25) is 0 Å². The number of pyridine rings is 1. The minimum Gasteiger partial charge on any atom is -0.322 e. The lowest BCUT2D eigenvalue weighted by atomic mass is 9.53. The molecule has 1 aromatic heterocycles. The number of aryl methyl sites for hydroxylation is 1. The second-order valence-electron chi connectivity index (χ2n) is 9.16. The third-order valence-corrected chi connectivity index (χ3v) is 7.76. The highest BCUT2D eigenvalue weighted by Crippen LogP contribution is 2.61. The van der Waals surface area contributed by atoms with Crippen LogP contribution in [0.1, 0.15) is 57.1 Å². The minimum atomic E-state index is 0.275. The van der Waals surface area contributed by atoms with E-state index in [-0.39, 0.29) is 5.41 Å². The van der Waals surface area contributed by atoms with Gasteiger partial charge in [-0.05, 0) is 81.4 Å². The van der Waals surface area contributed by atoms with Crippen molar-refractivity contribution in [2.75, 3.05) is 4.90 Å². The Morgan fingerprint density at radius 3 is 2.73 bits per heavy atom. The molecule has 2 nitrogen and oxygen atoms in total. The van der Waals surface area contributed by atoms with Crippen LogP contribution in [0.25, 0.3) is 0 Å². The van der Waals surface area contributed by atoms with Crippen molar-refractivity contribution in [1.29, 1.82) is 0 Å². The summed E-state index contributed by atoms with van der Waals surface area (Å²) in [7, 11) is 0. The predicted octanol–water partition coefficient (Wildman–Crippen LogP) is 6.01. The summed E-state index contributed by atoms with van der Waals surface area (Å²) in [5.74, 6) is 3.84.